The van der Waals surface area contributed by atoms with Crippen molar-refractivity contribution in [3.8, 4) is 0 Å². The van der Waals surface area contributed by atoms with Gasteiger partial charge < -0.3 is 0 Å². The van der Waals surface area contributed by atoms with Gasteiger partial charge in [-0.15, -0.1) is 0 Å². The van der Waals surface area contributed by atoms with Crippen molar-refractivity contribution in [2.45, 2.75) is 13.8 Å². The molecule has 148 valence electrons. The molecule has 0 fully saturated rings. The van der Waals surface area contributed by atoms with Crippen LogP contribution in [0.15, 0.2) is 84.9 Å². The van der Waals surface area contributed by atoms with Crippen LogP contribution in [0.1, 0.15) is 11.1 Å². The number of aryl methyl sites for hydroxylation is 2. The van der Waals surface area contributed by atoms with E-state index in [4.69, 9.17) is 0 Å². The van der Waals surface area contributed by atoms with Gasteiger partial charge in [0.05, 0.1) is 0 Å². The molecule has 0 heterocycles. The molecule has 0 saturated carbocycles. The zero-order valence-corrected chi connectivity index (χ0v) is 18.1. The fourth-order valence-corrected chi connectivity index (χ4v) is 6.64. The minimum Gasteiger partial charge on any atom is -0.0616 e. The Morgan fingerprint density at radius 2 is 0.875 bits per heavy atom. The third-order valence-corrected chi connectivity index (χ3v) is 7.89. The van der Waals surface area contributed by atoms with Crippen molar-refractivity contribution in [3.05, 3.63) is 96.1 Å². The molecule has 0 aliphatic heterocycles. The molecule has 0 heteroatoms. The van der Waals surface area contributed by atoms with Crippen LogP contribution in [0.4, 0.5) is 0 Å². The van der Waals surface area contributed by atoms with Crippen LogP contribution in [-0.4, -0.2) is 0 Å². The third kappa shape index (κ3) is 1.74. The van der Waals surface area contributed by atoms with E-state index in [9.17, 15) is 0 Å². The van der Waals surface area contributed by atoms with Gasteiger partial charge in [-0.3, -0.25) is 0 Å². The first-order valence-electron chi connectivity index (χ1n) is 11.4. The van der Waals surface area contributed by atoms with Gasteiger partial charge in [-0.1, -0.05) is 78.9 Å². The average Bonchev–Trinajstić information content (AvgIpc) is 3.34. The van der Waals surface area contributed by atoms with Crippen molar-refractivity contribution in [2.24, 2.45) is 0 Å². The van der Waals surface area contributed by atoms with Crippen LogP contribution in [-0.2, 0) is 0 Å². The molecular formula is C32H20. The molecule has 0 atom stereocenters. The van der Waals surface area contributed by atoms with Crippen molar-refractivity contribution < 1.29 is 0 Å². The van der Waals surface area contributed by atoms with Gasteiger partial charge in [0.15, 0.2) is 0 Å². The molecule has 32 heavy (non-hydrogen) atoms. The van der Waals surface area contributed by atoms with Crippen molar-refractivity contribution in [1.82, 2.24) is 0 Å². The summed E-state index contributed by atoms with van der Waals surface area (Å²) < 4.78 is 0. The van der Waals surface area contributed by atoms with Gasteiger partial charge in [0.25, 0.3) is 0 Å². The Morgan fingerprint density at radius 1 is 0.344 bits per heavy atom. The first-order valence-corrected chi connectivity index (χ1v) is 11.4. The lowest BCUT2D eigenvalue weighted by Crippen LogP contribution is -1.88. The zero-order valence-electron chi connectivity index (χ0n) is 18.1. The smallest absolute Gasteiger partial charge is 0.00198 e. The van der Waals surface area contributed by atoms with Gasteiger partial charge in [-0.05, 0) is 106 Å². The molecule has 0 aliphatic carbocycles. The number of hydrogen-bond acceptors (Lipinski definition) is 0. The second kappa shape index (κ2) is 5.47. The van der Waals surface area contributed by atoms with E-state index in [2.05, 4.69) is 98.8 Å². The summed E-state index contributed by atoms with van der Waals surface area (Å²) in [4.78, 5) is 0. The van der Waals surface area contributed by atoms with E-state index in [1.807, 2.05) is 0 Å². The molecule has 0 spiro atoms. The molecule has 8 aromatic carbocycles. The van der Waals surface area contributed by atoms with Crippen molar-refractivity contribution >= 4 is 75.4 Å². The van der Waals surface area contributed by atoms with E-state index < -0.39 is 0 Å². The van der Waals surface area contributed by atoms with Crippen LogP contribution in [0.25, 0.3) is 75.4 Å². The summed E-state index contributed by atoms with van der Waals surface area (Å²) in [5.41, 5.74) is 2.81. The highest BCUT2D eigenvalue weighted by Crippen LogP contribution is 2.48. The highest BCUT2D eigenvalue weighted by atomic mass is 14.2. The summed E-state index contributed by atoms with van der Waals surface area (Å²) >= 11 is 0. The third-order valence-electron chi connectivity index (χ3n) is 7.89. The molecule has 0 unspecified atom stereocenters. The summed E-state index contributed by atoms with van der Waals surface area (Å²) in [5.74, 6) is 0. The van der Waals surface area contributed by atoms with Gasteiger partial charge in [-0.2, -0.15) is 0 Å². The second-order valence-electron chi connectivity index (χ2n) is 9.33. The maximum atomic E-state index is 2.47. The lowest BCUT2D eigenvalue weighted by molar-refractivity contribution is 1.57. The largest absolute Gasteiger partial charge is 0.0616 e. The molecular weight excluding hydrogens is 384 g/mol. The van der Waals surface area contributed by atoms with Crippen LogP contribution >= 0.6 is 0 Å². The minimum atomic E-state index is 1.34. The maximum absolute atomic E-state index is 2.47. The van der Waals surface area contributed by atoms with Crippen LogP contribution < -0.4 is 0 Å². The minimum absolute atomic E-state index is 1.34. The Morgan fingerprint density at radius 3 is 1.59 bits per heavy atom. The quantitative estimate of drug-likeness (QED) is 0.221. The number of rotatable bonds is 0. The van der Waals surface area contributed by atoms with E-state index in [1.54, 1.807) is 0 Å². The molecule has 0 bridgehead atoms. The molecule has 0 N–H and O–H groups in total. The lowest BCUT2D eigenvalue weighted by Gasteiger charge is -2.14. The molecule has 0 radical (unpaired) electrons. The van der Waals surface area contributed by atoms with E-state index in [0.717, 1.165) is 0 Å². The molecule has 0 saturated heterocycles. The van der Waals surface area contributed by atoms with Gasteiger partial charge in [0, 0.05) is 0 Å². The SMILES string of the molecule is Cc1c2cc3c4ccccc4c4cccc(c2c(C)c2c5cccc6cccc(c12)c65)c43. The predicted octanol–water partition coefficient (Wildman–Crippen LogP) is 9.25. The van der Waals surface area contributed by atoms with Gasteiger partial charge in [0.1, 0.15) is 0 Å². The average molecular weight is 405 g/mol. The topological polar surface area (TPSA) is 0 Å². The number of hydrogen-bond donors (Lipinski definition) is 0. The van der Waals surface area contributed by atoms with E-state index in [-0.39, 0.29) is 0 Å². The first kappa shape index (κ1) is 16.8. The number of fused-ring (bicyclic) bond motifs is 8. The van der Waals surface area contributed by atoms with E-state index in [0.29, 0.717) is 0 Å². The standard InChI is InChI=1S/C32H20/c1-17-26-16-27-21-11-4-3-10-20(21)22-12-7-15-23(32(22)27)28(26)18(2)30-25-14-6-9-19-8-5-13-24(29(17)30)31(19)25/h3-16H,1-2H3. The fourth-order valence-electron chi connectivity index (χ4n) is 6.64. The van der Waals surface area contributed by atoms with Crippen LogP contribution in [0.5, 0.6) is 0 Å². The predicted molar refractivity (Wildman–Crippen MR) is 141 cm³/mol. The van der Waals surface area contributed by atoms with Crippen molar-refractivity contribution in [2.75, 3.05) is 0 Å². The van der Waals surface area contributed by atoms with Crippen LogP contribution in [0, 0.1) is 13.8 Å². The van der Waals surface area contributed by atoms with E-state index in [1.165, 1.54) is 86.5 Å². The van der Waals surface area contributed by atoms with Gasteiger partial charge in [-0.25, -0.2) is 0 Å². The highest BCUT2D eigenvalue weighted by molar-refractivity contribution is 6.39. The van der Waals surface area contributed by atoms with Crippen LogP contribution in [0.3, 0.4) is 0 Å². The fraction of sp³-hybridized carbons (Fsp3) is 0.0625. The van der Waals surface area contributed by atoms with Crippen LogP contribution in [0.2, 0.25) is 0 Å². The van der Waals surface area contributed by atoms with Crippen molar-refractivity contribution in [3.63, 3.8) is 0 Å². The number of benzene rings is 6. The Kier molecular flexibility index (Phi) is 2.86. The molecule has 8 rings (SSSR count). The Labute approximate surface area is 185 Å². The normalized spacial score (nSPS) is 12.7. The first-order chi connectivity index (χ1) is 15.7. The summed E-state index contributed by atoms with van der Waals surface area (Å²) in [6.45, 7) is 4.66. The maximum Gasteiger partial charge on any atom is -0.00198 e. The van der Waals surface area contributed by atoms with E-state index >= 15 is 0 Å². The van der Waals surface area contributed by atoms with Crippen molar-refractivity contribution in [1.29, 1.82) is 0 Å². The Bertz CT molecular complexity index is 2030. The lowest BCUT2D eigenvalue weighted by atomic mass is 9.89. The molecule has 8 aromatic rings. The Balaban J connectivity index is 1.76. The summed E-state index contributed by atoms with van der Waals surface area (Å²) in [6, 6.07) is 31.7. The molecule has 0 amide bonds. The Hall–Kier alpha value is -3.90. The molecule has 0 nitrogen and oxygen atoms in total. The summed E-state index contributed by atoms with van der Waals surface area (Å²) in [5, 5.41) is 19.5. The highest BCUT2D eigenvalue weighted by Gasteiger charge is 2.21. The van der Waals surface area contributed by atoms with Gasteiger partial charge >= 0.3 is 0 Å². The summed E-state index contributed by atoms with van der Waals surface area (Å²) in [7, 11) is 0. The molecule has 0 aromatic heterocycles. The summed E-state index contributed by atoms with van der Waals surface area (Å²) in [6.07, 6.45) is 0. The monoisotopic (exact) mass is 404 g/mol. The molecule has 0 aliphatic rings. The second-order valence-corrected chi connectivity index (χ2v) is 9.33. The van der Waals surface area contributed by atoms with Gasteiger partial charge in [0.2, 0.25) is 0 Å². The zero-order chi connectivity index (χ0) is 21.1.